The molecule has 28 heavy (non-hydrogen) atoms. The van der Waals surface area contributed by atoms with E-state index in [0.717, 1.165) is 48.7 Å². The van der Waals surface area contributed by atoms with Gasteiger partial charge in [0.1, 0.15) is 11.6 Å². The second-order valence-corrected chi connectivity index (χ2v) is 6.70. The van der Waals surface area contributed by atoms with E-state index >= 15 is 0 Å². The highest BCUT2D eigenvalue weighted by Gasteiger charge is 2.24. The van der Waals surface area contributed by atoms with Gasteiger partial charge in [-0.15, -0.1) is 0 Å². The second-order valence-electron chi connectivity index (χ2n) is 6.70. The molecule has 2 heterocycles. The number of anilines is 2. The Labute approximate surface area is 164 Å². The highest BCUT2D eigenvalue weighted by atomic mass is 16.5. The number of carbonyl (C=O) groups excluding carboxylic acids is 1. The Morgan fingerprint density at radius 2 is 1.96 bits per heavy atom. The molecule has 1 amide bonds. The molecule has 148 valence electrons. The number of ether oxygens (including phenoxy) is 1. The summed E-state index contributed by atoms with van der Waals surface area (Å²) in [5.74, 6) is 1.72. The number of pyridine rings is 1. The van der Waals surface area contributed by atoms with Crippen molar-refractivity contribution in [3.8, 4) is 5.75 Å². The number of carbonyl (C=O) groups is 1. The highest BCUT2D eigenvalue weighted by Crippen LogP contribution is 2.25. The van der Waals surface area contributed by atoms with Crippen LogP contribution in [0.2, 0.25) is 0 Å². The van der Waals surface area contributed by atoms with Crippen LogP contribution in [0.3, 0.4) is 0 Å². The summed E-state index contributed by atoms with van der Waals surface area (Å²) in [4.78, 5) is 22.5. The van der Waals surface area contributed by atoms with Crippen molar-refractivity contribution in [2.75, 3.05) is 30.4 Å². The van der Waals surface area contributed by atoms with Gasteiger partial charge in [-0.05, 0) is 43.2 Å². The Bertz CT molecular complexity index is 829. The van der Waals surface area contributed by atoms with E-state index in [1.165, 1.54) is 0 Å². The summed E-state index contributed by atoms with van der Waals surface area (Å²) in [6, 6.07) is 11.3. The minimum absolute atomic E-state index is 0.0502. The van der Waals surface area contributed by atoms with Crippen LogP contribution in [0, 0.1) is 5.92 Å². The van der Waals surface area contributed by atoms with Crippen molar-refractivity contribution in [2.45, 2.75) is 19.4 Å². The fraction of sp³-hybridized carbons (Fsp3) is 0.350. The lowest BCUT2D eigenvalue weighted by atomic mass is 9.96. The van der Waals surface area contributed by atoms with Gasteiger partial charge >= 0.3 is 0 Å². The smallest absolute Gasteiger partial charge is 0.220 e. The molecule has 1 aromatic heterocycles. The third kappa shape index (κ3) is 4.91. The number of methoxy groups -OCH3 is 1. The number of amides is 1. The Balaban J connectivity index is 1.64. The number of nitrogens with zero attached hydrogens (tertiary/aromatic N) is 3. The van der Waals surface area contributed by atoms with Crippen LogP contribution >= 0.6 is 0 Å². The van der Waals surface area contributed by atoms with Crippen LogP contribution < -0.4 is 26.4 Å². The molecule has 5 N–H and O–H groups in total. The quantitative estimate of drug-likeness (QED) is 0.517. The zero-order valence-electron chi connectivity index (χ0n) is 16.0. The third-order valence-electron chi connectivity index (χ3n) is 4.85. The zero-order chi connectivity index (χ0) is 19.9. The third-order valence-corrected chi connectivity index (χ3v) is 4.85. The van der Waals surface area contributed by atoms with Crippen LogP contribution in [0.4, 0.5) is 11.5 Å². The van der Waals surface area contributed by atoms with Gasteiger partial charge < -0.3 is 26.4 Å². The fourth-order valence-electron chi connectivity index (χ4n) is 3.25. The van der Waals surface area contributed by atoms with Gasteiger partial charge in [-0.25, -0.2) is 9.98 Å². The molecule has 0 atom stereocenters. The number of hydrogen-bond donors (Lipinski definition) is 3. The Morgan fingerprint density at radius 1 is 1.25 bits per heavy atom. The summed E-state index contributed by atoms with van der Waals surface area (Å²) >= 11 is 0. The standard InChI is InChI=1S/C20H26N6O2/c1-28-17-6-4-16(5-7-17)25-20(22)24-13-15-3-2-10-23-19(15)26-11-8-14(9-12-26)18(21)27/h2-7,10,14H,8-9,11-13H2,1H3,(H2,21,27)(H3,22,24,25). The van der Waals surface area contributed by atoms with E-state index in [1.54, 1.807) is 13.3 Å². The Hall–Kier alpha value is -3.29. The van der Waals surface area contributed by atoms with Crippen molar-refractivity contribution < 1.29 is 9.53 Å². The van der Waals surface area contributed by atoms with Crippen LogP contribution in [-0.2, 0) is 11.3 Å². The Morgan fingerprint density at radius 3 is 2.61 bits per heavy atom. The van der Waals surface area contributed by atoms with Gasteiger partial charge in [-0.2, -0.15) is 0 Å². The molecule has 1 aromatic carbocycles. The molecular formula is C20H26N6O2. The van der Waals surface area contributed by atoms with Crippen molar-refractivity contribution in [3.05, 3.63) is 48.2 Å². The van der Waals surface area contributed by atoms with Gasteiger partial charge in [0.2, 0.25) is 5.91 Å². The van der Waals surface area contributed by atoms with Gasteiger partial charge in [0, 0.05) is 36.5 Å². The summed E-state index contributed by atoms with van der Waals surface area (Å²) in [7, 11) is 1.63. The monoisotopic (exact) mass is 382 g/mol. The molecule has 1 saturated heterocycles. The molecule has 2 aromatic rings. The minimum atomic E-state index is -0.220. The lowest BCUT2D eigenvalue weighted by molar-refractivity contribution is -0.122. The number of aromatic nitrogens is 1. The maximum Gasteiger partial charge on any atom is 0.220 e. The maximum absolute atomic E-state index is 11.4. The number of piperidine rings is 1. The van der Waals surface area contributed by atoms with Crippen LogP contribution in [-0.4, -0.2) is 37.1 Å². The van der Waals surface area contributed by atoms with E-state index in [2.05, 4.69) is 20.2 Å². The van der Waals surface area contributed by atoms with Gasteiger partial charge in [-0.3, -0.25) is 4.79 Å². The molecular weight excluding hydrogens is 356 g/mol. The Kier molecular flexibility index (Phi) is 6.31. The second kappa shape index (κ2) is 9.07. The summed E-state index contributed by atoms with van der Waals surface area (Å²) in [5.41, 5.74) is 13.3. The molecule has 0 bridgehead atoms. The first kappa shape index (κ1) is 19.5. The first-order chi connectivity index (χ1) is 13.6. The van der Waals surface area contributed by atoms with E-state index in [0.29, 0.717) is 12.5 Å². The highest BCUT2D eigenvalue weighted by molar-refractivity contribution is 5.92. The molecule has 0 unspecified atom stereocenters. The topological polar surface area (TPSA) is 119 Å². The largest absolute Gasteiger partial charge is 0.497 e. The molecule has 1 fully saturated rings. The number of nitrogens with two attached hydrogens (primary N) is 2. The zero-order valence-corrected chi connectivity index (χ0v) is 16.0. The van der Waals surface area contributed by atoms with Crippen molar-refractivity contribution in [1.82, 2.24) is 4.98 Å². The van der Waals surface area contributed by atoms with E-state index in [-0.39, 0.29) is 11.8 Å². The first-order valence-electron chi connectivity index (χ1n) is 9.26. The van der Waals surface area contributed by atoms with Crippen LogP contribution in [0.1, 0.15) is 18.4 Å². The lowest BCUT2D eigenvalue weighted by Gasteiger charge is -2.32. The molecule has 8 heteroatoms. The van der Waals surface area contributed by atoms with Crippen molar-refractivity contribution in [3.63, 3.8) is 0 Å². The van der Waals surface area contributed by atoms with Gasteiger partial charge in [0.25, 0.3) is 0 Å². The molecule has 0 aliphatic carbocycles. The van der Waals surface area contributed by atoms with Crippen molar-refractivity contribution >= 4 is 23.4 Å². The lowest BCUT2D eigenvalue weighted by Crippen LogP contribution is -2.39. The molecule has 0 spiro atoms. The number of nitrogens with one attached hydrogen (secondary N) is 1. The van der Waals surface area contributed by atoms with E-state index in [4.69, 9.17) is 16.2 Å². The van der Waals surface area contributed by atoms with Crippen LogP contribution in [0.15, 0.2) is 47.6 Å². The van der Waals surface area contributed by atoms with Crippen LogP contribution in [0.5, 0.6) is 5.75 Å². The summed E-state index contributed by atoms with van der Waals surface area (Å²) in [6.07, 6.45) is 3.26. The van der Waals surface area contributed by atoms with Gasteiger partial charge in [0.15, 0.2) is 5.96 Å². The van der Waals surface area contributed by atoms with Crippen molar-refractivity contribution in [1.29, 1.82) is 0 Å². The summed E-state index contributed by atoms with van der Waals surface area (Å²) in [6.45, 7) is 1.91. The molecule has 1 aliphatic heterocycles. The number of aliphatic imine (C=N–C) groups is 1. The number of primary amides is 1. The molecule has 3 rings (SSSR count). The maximum atomic E-state index is 11.4. The number of guanidine groups is 1. The predicted molar refractivity (Wildman–Crippen MR) is 110 cm³/mol. The number of rotatable bonds is 6. The SMILES string of the molecule is COc1ccc(NC(N)=NCc2cccnc2N2CCC(C(N)=O)CC2)cc1. The normalized spacial score (nSPS) is 15.3. The first-order valence-corrected chi connectivity index (χ1v) is 9.26. The van der Waals surface area contributed by atoms with E-state index in [1.807, 2.05) is 36.4 Å². The van der Waals surface area contributed by atoms with Gasteiger partial charge in [0.05, 0.1) is 13.7 Å². The molecule has 0 saturated carbocycles. The predicted octanol–water partition coefficient (Wildman–Crippen LogP) is 1.72. The van der Waals surface area contributed by atoms with Gasteiger partial charge in [-0.1, -0.05) is 6.07 Å². The van der Waals surface area contributed by atoms with E-state index < -0.39 is 0 Å². The van der Waals surface area contributed by atoms with Crippen LogP contribution in [0.25, 0.3) is 0 Å². The van der Waals surface area contributed by atoms with E-state index in [9.17, 15) is 4.79 Å². The molecule has 0 radical (unpaired) electrons. The minimum Gasteiger partial charge on any atom is -0.497 e. The summed E-state index contributed by atoms with van der Waals surface area (Å²) in [5, 5.41) is 3.07. The van der Waals surface area contributed by atoms with Crippen molar-refractivity contribution in [2.24, 2.45) is 22.4 Å². The molecule has 1 aliphatic rings. The average Bonchev–Trinajstić information content (AvgIpc) is 2.73. The summed E-state index contributed by atoms with van der Waals surface area (Å²) < 4.78 is 5.14. The number of hydrogen-bond acceptors (Lipinski definition) is 5. The number of benzene rings is 1. The molecule has 8 nitrogen and oxygen atoms in total. The fourth-order valence-corrected chi connectivity index (χ4v) is 3.25. The average molecular weight is 382 g/mol.